The normalized spacial score (nSPS) is 23.9. The average Bonchev–Trinajstić information content (AvgIpc) is 2.94. The Morgan fingerprint density at radius 3 is 3.05 bits per heavy atom. The third-order valence-electron chi connectivity index (χ3n) is 3.49. The number of rotatable bonds is 2. The molecule has 2 aliphatic rings. The highest BCUT2D eigenvalue weighted by Crippen LogP contribution is 2.39. The molecule has 3 rings (SSSR count). The van der Waals surface area contributed by atoms with Crippen LogP contribution in [-0.2, 0) is 9.53 Å². The number of hydrogen-bond acceptors (Lipinski definition) is 5. The molecule has 0 saturated heterocycles. The maximum atomic E-state index is 11.8. The second kappa shape index (κ2) is 5.25. The summed E-state index contributed by atoms with van der Waals surface area (Å²) in [5, 5.41) is 0.214. The van der Waals surface area contributed by atoms with Crippen molar-refractivity contribution in [3.05, 3.63) is 47.3 Å². The molecule has 0 N–H and O–H groups in total. The van der Waals surface area contributed by atoms with E-state index in [2.05, 4.69) is 9.98 Å². The molecule has 20 heavy (non-hydrogen) atoms. The minimum atomic E-state index is -0.324. The number of nitrogens with zero attached hydrogens (tertiary/aromatic N) is 2. The van der Waals surface area contributed by atoms with E-state index in [1.807, 2.05) is 36.9 Å². The van der Waals surface area contributed by atoms with E-state index in [9.17, 15) is 4.79 Å². The molecule has 0 spiro atoms. The first-order valence-electron chi connectivity index (χ1n) is 6.30. The second-order valence-corrected chi connectivity index (χ2v) is 5.70. The van der Waals surface area contributed by atoms with Gasteiger partial charge in [-0.2, -0.15) is 0 Å². The highest BCUT2D eigenvalue weighted by Gasteiger charge is 2.33. The minimum absolute atomic E-state index is 0.00583. The van der Waals surface area contributed by atoms with Crippen LogP contribution in [0.4, 0.5) is 0 Å². The first-order valence-corrected chi connectivity index (χ1v) is 7.25. The quantitative estimate of drug-likeness (QED) is 0.783. The van der Waals surface area contributed by atoms with E-state index in [1.165, 1.54) is 7.11 Å². The van der Waals surface area contributed by atoms with E-state index in [4.69, 9.17) is 4.74 Å². The second-order valence-electron chi connectivity index (χ2n) is 4.71. The molecule has 2 atom stereocenters. The van der Waals surface area contributed by atoms with Gasteiger partial charge in [0.1, 0.15) is 0 Å². The maximum Gasteiger partial charge on any atom is 0.337 e. The van der Waals surface area contributed by atoms with Gasteiger partial charge in [0, 0.05) is 18.0 Å². The van der Waals surface area contributed by atoms with Crippen LogP contribution in [0, 0.1) is 6.92 Å². The molecule has 0 bridgehead atoms. The zero-order valence-corrected chi connectivity index (χ0v) is 12.1. The highest BCUT2D eigenvalue weighted by atomic mass is 32.2. The predicted octanol–water partition coefficient (Wildman–Crippen LogP) is 2.40. The number of carbonyl (C=O) groups is 1. The number of fused-ring (bicyclic) bond motifs is 1. The number of methoxy groups -OCH3 is 1. The molecular weight excluding hydrogens is 272 g/mol. The molecule has 102 valence electrons. The molecule has 4 nitrogen and oxygen atoms in total. The van der Waals surface area contributed by atoms with E-state index in [0.29, 0.717) is 5.57 Å². The van der Waals surface area contributed by atoms with Gasteiger partial charge in [0.05, 0.1) is 29.5 Å². The number of aromatic nitrogens is 1. The summed E-state index contributed by atoms with van der Waals surface area (Å²) in [5.74, 6) is -0.324. The fourth-order valence-electron chi connectivity index (χ4n) is 2.44. The van der Waals surface area contributed by atoms with E-state index in [0.717, 1.165) is 16.7 Å². The van der Waals surface area contributed by atoms with Gasteiger partial charge in [-0.3, -0.25) is 9.98 Å². The maximum absolute atomic E-state index is 11.8. The van der Waals surface area contributed by atoms with Gasteiger partial charge in [-0.05, 0) is 36.3 Å². The first-order chi connectivity index (χ1) is 9.70. The Bertz CT molecular complexity index is 649. The molecule has 0 fully saturated rings. The van der Waals surface area contributed by atoms with Crippen LogP contribution in [0.3, 0.4) is 0 Å². The zero-order valence-electron chi connectivity index (χ0n) is 11.2. The van der Waals surface area contributed by atoms with Gasteiger partial charge in [-0.25, -0.2) is 4.79 Å². The Morgan fingerprint density at radius 2 is 2.30 bits per heavy atom. The Kier molecular flexibility index (Phi) is 3.44. The lowest BCUT2D eigenvalue weighted by Gasteiger charge is -2.24. The van der Waals surface area contributed by atoms with E-state index in [1.54, 1.807) is 18.0 Å². The fourth-order valence-corrected chi connectivity index (χ4v) is 3.43. The van der Waals surface area contributed by atoms with E-state index >= 15 is 0 Å². The molecule has 2 unspecified atom stereocenters. The fraction of sp³-hybridized carbons (Fsp3) is 0.267. The monoisotopic (exact) mass is 286 g/mol. The molecule has 1 aromatic rings. The topological polar surface area (TPSA) is 51.5 Å². The van der Waals surface area contributed by atoms with Gasteiger partial charge in [0.25, 0.3) is 0 Å². The lowest BCUT2D eigenvalue weighted by Crippen LogP contribution is -2.23. The zero-order chi connectivity index (χ0) is 14.1. The summed E-state index contributed by atoms with van der Waals surface area (Å²) in [5.41, 5.74) is 5.71. The van der Waals surface area contributed by atoms with Gasteiger partial charge in [0.15, 0.2) is 0 Å². The summed E-state index contributed by atoms with van der Waals surface area (Å²) < 4.78 is 4.83. The van der Waals surface area contributed by atoms with Gasteiger partial charge < -0.3 is 4.74 Å². The molecule has 1 aromatic heterocycles. The number of ether oxygens (including phenoxy) is 1. The summed E-state index contributed by atoms with van der Waals surface area (Å²) in [4.78, 5) is 20.4. The molecule has 0 aromatic carbocycles. The van der Waals surface area contributed by atoms with E-state index in [-0.39, 0.29) is 17.3 Å². The van der Waals surface area contributed by atoms with Crippen LogP contribution in [0.15, 0.2) is 41.2 Å². The molecule has 1 aliphatic heterocycles. The summed E-state index contributed by atoms with van der Waals surface area (Å²) in [6.45, 7) is 2.05. The van der Waals surface area contributed by atoms with Crippen LogP contribution in [0.1, 0.15) is 11.1 Å². The van der Waals surface area contributed by atoms with Crippen molar-refractivity contribution in [1.82, 2.24) is 4.98 Å². The molecule has 0 amide bonds. The number of carbonyl (C=O) groups excluding carboxylic acids is 1. The molecule has 0 saturated carbocycles. The lowest BCUT2D eigenvalue weighted by atomic mass is 9.89. The third kappa shape index (κ3) is 2.18. The van der Waals surface area contributed by atoms with Crippen molar-refractivity contribution in [1.29, 1.82) is 0 Å². The summed E-state index contributed by atoms with van der Waals surface area (Å²) in [6.07, 6.45) is 7.40. The van der Waals surface area contributed by atoms with Crippen LogP contribution in [-0.4, -0.2) is 34.9 Å². The number of aryl methyl sites for hydroxylation is 1. The van der Waals surface area contributed by atoms with Crippen LogP contribution >= 0.6 is 11.8 Å². The molecular formula is C15H14N2O2S. The van der Waals surface area contributed by atoms with Crippen molar-refractivity contribution in [2.75, 3.05) is 7.11 Å². The SMILES string of the molecule is COC(=O)C1=CC2N=CSC2C(c2cnccc2C)=C1. The Hall–Kier alpha value is -1.88. The highest BCUT2D eigenvalue weighted by molar-refractivity contribution is 8.13. The largest absolute Gasteiger partial charge is 0.465 e. The van der Waals surface area contributed by atoms with E-state index < -0.39 is 0 Å². The van der Waals surface area contributed by atoms with Gasteiger partial charge in [0.2, 0.25) is 0 Å². The lowest BCUT2D eigenvalue weighted by molar-refractivity contribution is -0.135. The van der Waals surface area contributed by atoms with Crippen molar-refractivity contribution >= 4 is 28.9 Å². The van der Waals surface area contributed by atoms with Crippen molar-refractivity contribution in [2.45, 2.75) is 18.2 Å². The summed E-state index contributed by atoms with van der Waals surface area (Å²) in [7, 11) is 1.39. The summed E-state index contributed by atoms with van der Waals surface area (Å²) in [6, 6.07) is 1.97. The minimum Gasteiger partial charge on any atom is -0.465 e. The molecule has 0 radical (unpaired) electrons. The van der Waals surface area contributed by atoms with Crippen molar-refractivity contribution in [3.8, 4) is 0 Å². The van der Waals surface area contributed by atoms with Crippen molar-refractivity contribution < 1.29 is 9.53 Å². The first kappa shape index (κ1) is 13.1. The van der Waals surface area contributed by atoms with Gasteiger partial charge >= 0.3 is 5.97 Å². The number of pyridine rings is 1. The Labute approximate surface area is 121 Å². The predicted molar refractivity (Wildman–Crippen MR) is 80.7 cm³/mol. The molecule has 1 aliphatic carbocycles. The Balaban J connectivity index is 2.08. The van der Waals surface area contributed by atoms with Crippen LogP contribution in [0.5, 0.6) is 0 Å². The van der Waals surface area contributed by atoms with Crippen LogP contribution < -0.4 is 0 Å². The van der Waals surface area contributed by atoms with Crippen molar-refractivity contribution in [2.24, 2.45) is 4.99 Å². The van der Waals surface area contributed by atoms with Crippen LogP contribution in [0.25, 0.3) is 5.57 Å². The number of thioether (sulfide) groups is 1. The standard InChI is InChI=1S/C15H14N2O2S/c1-9-3-4-16-7-12(9)11-5-10(15(18)19-2)6-13-14(11)20-8-17-13/h3-8,13-14H,1-2H3. The summed E-state index contributed by atoms with van der Waals surface area (Å²) >= 11 is 1.67. The molecule has 5 heteroatoms. The number of esters is 1. The Morgan fingerprint density at radius 1 is 1.45 bits per heavy atom. The van der Waals surface area contributed by atoms with Crippen molar-refractivity contribution in [3.63, 3.8) is 0 Å². The average molecular weight is 286 g/mol. The number of hydrogen-bond donors (Lipinski definition) is 0. The number of aliphatic imine (C=N–C) groups is 1. The molecule has 2 heterocycles. The smallest absolute Gasteiger partial charge is 0.337 e. The van der Waals surface area contributed by atoms with Gasteiger partial charge in [-0.15, -0.1) is 11.8 Å². The third-order valence-corrected chi connectivity index (χ3v) is 4.56. The van der Waals surface area contributed by atoms with Gasteiger partial charge in [-0.1, -0.05) is 0 Å². The van der Waals surface area contributed by atoms with Crippen LogP contribution in [0.2, 0.25) is 0 Å².